The second kappa shape index (κ2) is 7.40. The van der Waals surface area contributed by atoms with E-state index in [4.69, 9.17) is 9.84 Å². The molecule has 1 aromatic rings. The van der Waals surface area contributed by atoms with Crippen LogP contribution in [0.3, 0.4) is 0 Å². The van der Waals surface area contributed by atoms with Gasteiger partial charge in [0.05, 0.1) is 12.2 Å². The van der Waals surface area contributed by atoms with Gasteiger partial charge in [-0.2, -0.15) is 0 Å². The van der Waals surface area contributed by atoms with E-state index in [1.165, 1.54) is 0 Å². The van der Waals surface area contributed by atoms with Crippen molar-refractivity contribution in [1.82, 2.24) is 4.90 Å². The molecular weight excluding hydrogens is 282 g/mol. The molecule has 0 radical (unpaired) electrons. The highest BCUT2D eigenvalue weighted by atomic mass is 16.5. The van der Waals surface area contributed by atoms with E-state index in [0.717, 1.165) is 18.5 Å². The molecule has 1 aliphatic heterocycles. The summed E-state index contributed by atoms with van der Waals surface area (Å²) in [6, 6.07) is 5.13. The van der Waals surface area contributed by atoms with E-state index >= 15 is 0 Å². The predicted octanol–water partition coefficient (Wildman–Crippen LogP) is 2.52. The molecule has 1 aliphatic rings. The van der Waals surface area contributed by atoms with E-state index < -0.39 is 12.0 Å². The molecule has 0 saturated carbocycles. The number of aryl methyl sites for hydroxylation is 1. The summed E-state index contributed by atoms with van der Waals surface area (Å²) in [5.74, 6) is -0.187. The maximum Gasteiger partial charge on any atom is 0.320 e. The zero-order chi connectivity index (χ0) is 16.1. The van der Waals surface area contributed by atoms with E-state index in [1.54, 1.807) is 0 Å². The van der Waals surface area contributed by atoms with Crippen molar-refractivity contribution in [2.45, 2.75) is 39.2 Å². The number of ether oxygens (including phenoxy) is 1. The Kier molecular flexibility index (Phi) is 5.55. The summed E-state index contributed by atoms with van der Waals surface area (Å²) >= 11 is 0. The van der Waals surface area contributed by atoms with E-state index in [1.807, 2.05) is 36.9 Å². The van der Waals surface area contributed by atoms with Crippen molar-refractivity contribution in [2.24, 2.45) is 0 Å². The van der Waals surface area contributed by atoms with Crippen LogP contribution in [0.2, 0.25) is 0 Å². The van der Waals surface area contributed by atoms with Gasteiger partial charge in [0, 0.05) is 13.0 Å². The Morgan fingerprint density at radius 1 is 1.41 bits per heavy atom. The molecule has 0 spiro atoms. The van der Waals surface area contributed by atoms with Gasteiger partial charge in [-0.3, -0.25) is 14.5 Å². The number of rotatable bonds is 7. The lowest BCUT2D eigenvalue weighted by Crippen LogP contribution is -2.37. The summed E-state index contributed by atoms with van der Waals surface area (Å²) in [4.78, 5) is 25.5. The molecule has 1 fully saturated rings. The van der Waals surface area contributed by atoms with Gasteiger partial charge >= 0.3 is 5.97 Å². The van der Waals surface area contributed by atoms with Crippen LogP contribution in [0, 0.1) is 6.92 Å². The summed E-state index contributed by atoms with van der Waals surface area (Å²) in [6.45, 7) is 5.56. The van der Waals surface area contributed by atoms with Crippen LogP contribution >= 0.6 is 0 Å². The van der Waals surface area contributed by atoms with Gasteiger partial charge in [0.25, 0.3) is 0 Å². The maximum absolute atomic E-state index is 12.5. The number of carboxylic acids is 1. The fraction of sp³-hybridized carbons (Fsp3) is 0.529. The lowest BCUT2D eigenvalue weighted by molar-refractivity contribution is -0.142. The van der Waals surface area contributed by atoms with Crippen LogP contribution in [0.25, 0.3) is 0 Å². The number of aliphatic carboxylic acids is 1. The summed E-state index contributed by atoms with van der Waals surface area (Å²) < 4.78 is 5.52. The Balaban J connectivity index is 2.03. The maximum atomic E-state index is 12.5. The van der Waals surface area contributed by atoms with Crippen molar-refractivity contribution in [2.75, 3.05) is 19.7 Å². The minimum atomic E-state index is -0.796. The molecule has 0 aromatic heterocycles. The van der Waals surface area contributed by atoms with Gasteiger partial charge in [0.15, 0.2) is 5.78 Å². The Morgan fingerprint density at radius 2 is 2.18 bits per heavy atom. The molecule has 22 heavy (non-hydrogen) atoms. The van der Waals surface area contributed by atoms with Gasteiger partial charge in [-0.1, -0.05) is 11.6 Å². The highest BCUT2D eigenvalue weighted by Gasteiger charge is 2.30. The summed E-state index contributed by atoms with van der Waals surface area (Å²) in [5.41, 5.74) is 1.60. The third kappa shape index (κ3) is 3.85. The van der Waals surface area contributed by atoms with Gasteiger partial charge in [-0.15, -0.1) is 0 Å². The van der Waals surface area contributed by atoms with Crippen LogP contribution in [-0.4, -0.2) is 47.5 Å². The van der Waals surface area contributed by atoms with Gasteiger partial charge < -0.3 is 9.84 Å². The number of Topliss-reactive ketones (excluding diaryl/α,β-unsaturated/α-hetero) is 1. The molecule has 1 atom stereocenters. The fourth-order valence-corrected chi connectivity index (χ4v) is 2.90. The zero-order valence-corrected chi connectivity index (χ0v) is 13.2. The highest BCUT2D eigenvalue weighted by molar-refractivity contribution is 5.99. The first kappa shape index (κ1) is 16.5. The monoisotopic (exact) mass is 305 g/mol. The number of carboxylic acid groups (broad SMARTS) is 1. The first-order valence-corrected chi connectivity index (χ1v) is 7.76. The van der Waals surface area contributed by atoms with Gasteiger partial charge in [-0.05, 0) is 45.4 Å². The molecule has 1 N–H and O–H groups in total. The molecule has 0 bridgehead atoms. The second-order valence-electron chi connectivity index (χ2n) is 5.64. The van der Waals surface area contributed by atoms with Crippen molar-refractivity contribution in [3.05, 3.63) is 29.3 Å². The Labute approximate surface area is 130 Å². The number of benzene rings is 1. The van der Waals surface area contributed by atoms with Crippen LogP contribution in [-0.2, 0) is 4.79 Å². The SMILES string of the molecule is CCOc1ccc(C)cc1C(=O)CCN1CCCC1C(=O)O. The van der Waals surface area contributed by atoms with E-state index in [2.05, 4.69) is 0 Å². The third-order valence-electron chi connectivity index (χ3n) is 4.01. The minimum Gasteiger partial charge on any atom is -0.493 e. The number of carbonyl (C=O) groups is 2. The van der Waals surface area contributed by atoms with E-state index in [-0.39, 0.29) is 5.78 Å². The van der Waals surface area contributed by atoms with Gasteiger partial charge in [-0.25, -0.2) is 0 Å². The Bertz CT molecular complexity index is 556. The number of hydrogen-bond donors (Lipinski definition) is 1. The average molecular weight is 305 g/mol. The first-order chi connectivity index (χ1) is 10.5. The molecule has 1 heterocycles. The number of carbonyl (C=O) groups excluding carboxylic acids is 1. The van der Waals surface area contributed by atoms with Crippen LogP contribution in [0.15, 0.2) is 18.2 Å². The summed E-state index contributed by atoms with van der Waals surface area (Å²) in [7, 11) is 0. The molecular formula is C17H23NO4. The normalized spacial score (nSPS) is 18.4. The summed E-state index contributed by atoms with van der Waals surface area (Å²) in [5, 5.41) is 9.17. The van der Waals surface area contributed by atoms with Crippen LogP contribution in [0.1, 0.15) is 42.1 Å². The number of likely N-dealkylation sites (tertiary alicyclic amines) is 1. The highest BCUT2D eigenvalue weighted by Crippen LogP contribution is 2.23. The average Bonchev–Trinajstić information content (AvgIpc) is 2.95. The van der Waals surface area contributed by atoms with Crippen molar-refractivity contribution in [3.63, 3.8) is 0 Å². The van der Waals surface area contributed by atoms with E-state index in [0.29, 0.717) is 37.3 Å². The molecule has 1 saturated heterocycles. The molecule has 0 aliphatic carbocycles. The largest absolute Gasteiger partial charge is 0.493 e. The van der Waals surface area contributed by atoms with Crippen molar-refractivity contribution in [3.8, 4) is 5.75 Å². The lowest BCUT2D eigenvalue weighted by Gasteiger charge is -2.20. The van der Waals surface area contributed by atoms with Crippen molar-refractivity contribution < 1.29 is 19.4 Å². The van der Waals surface area contributed by atoms with Crippen LogP contribution in [0.4, 0.5) is 0 Å². The standard InChI is InChI=1S/C17H23NO4/c1-3-22-16-7-6-12(2)11-13(16)15(19)8-10-18-9-4-5-14(18)17(20)21/h6-7,11,14H,3-5,8-10H2,1-2H3,(H,20,21). The van der Waals surface area contributed by atoms with Gasteiger partial charge in [0.2, 0.25) is 0 Å². The molecule has 0 amide bonds. The Hall–Kier alpha value is -1.88. The molecule has 1 aromatic carbocycles. The number of nitrogens with zero attached hydrogens (tertiary/aromatic N) is 1. The number of ketones is 1. The second-order valence-corrected chi connectivity index (χ2v) is 5.64. The van der Waals surface area contributed by atoms with Crippen LogP contribution < -0.4 is 4.74 Å². The lowest BCUT2D eigenvalue weighted by atomic mass is 10.0. The van der Waals surface area contributed by atoms with Gasteiger partial charge in [0.1, 0.15) is 11.8 Å². The molecule has 120 valence electrons. The van der Waals surface area contributed by atoms with Crippen molar-refractivity contribution in [1.29, 1.82) is 0 Å². The predicted molar refractivity (Wildman–Crippen MR) is 83.5 cm³/mol. The topological polar surface area (TPSA) is 66.8 Å². The fourth-order valence-electron chi connectivity index (χ4n) is 2.90. The quantitative estimate of drug-likeness (QED) is 0.784. The zero-order valence-electron chi connectivity index (χ0n) is 13.2. The first-order valence-electron chi connectivity index (χ1n) is 7.76. The molecule has 2 rings (SSSR count). The van der Waals surface area contributed by atoms with Crippen molar-refractivity contribution >= 4 is 11.8 Å². The Morgan fingerprint density at radius 3 is 2.86 bits per heavy atom. The molecule has 5 nitrogen and oxygen atoms in total. The number of hydrogen-bond acceptors (Lipinski definition) is 4. The molecule has 5 heteroatoms. The van der Waals surface area contributed by atoms with Crippen LogP contribution in [0.5, 0.6) is 5.75 Å². The smallest absolute Gasteiger partial charge is 0.320 e. The third-order valence-corrected chi connectivity index (χ3v) is 4.01. The van der Waals surface area contributed by atoms with E-state index in [9.17, 15) is 9.59 Å². The minimum absolute atomic E-state index is 0.00295. The molecule has 1 unspecified atom stereocenters. The summed E-state index contributed by atoms with van der Waals surface area (Å²) in [6.07, 6.45) is 1.85.